The predicted octanol–water partition coefficient (Wildman–Crippen LogP) is 5.79. The van der Waals surface area contributed by atoms with E-state index in [1.54, 1.807) is 0 Å². The van der Waals surface area contributed by atoms with Crippen molar-refractivity contribution in [3.63, 3.8) is 0 Å². The van der Waals surface area contributed by atoms with E-state index in [1.165, 1.54) is 5.56 Å². The molecule has 6 nitrogen and oxygen atoms in total. The maximum Gasteiger partial charge on any atom is 0.161 e. The number of anilines is 4. The van der Waals surface area contributed by atoms with Gasteiger partial charge in [-0.2, -0.15) is 74.0 Å². The summed E-state index contributed by atoms with van der Waals surface area (Å²) in [5.74, 6) is 1.62. The molecule has 1 radical (unpaired) electrons. The molecule has 6 rings (SSSR count). The van der Waals surface area contributed by atoms with Crippen molar-refractivity contribution in [1.29, 1.82) is 0 Å². The summed E-state index contributed by atoms with van der Waals surface area (Å²) in [5.41, 5.74) is 5.24. The second-order valence-electron chi connectivity index (χ2n) is 8.30. The van der Waals surface area contributed by atoms with E-state index in [0.717, 1.165) is 34.3 Å². The second-order valence-corrected chi connectivity index (χ2v) is 8.30. The molecule has 0 aliphatic carbocycles. The maximum absolute atomic E-state index is 4.81. The maximum atomic E-state index is 4.81. The molecule has 0 spiro atoms. The third-order valence-corrected chi connectivity index (χ3v) is 5.72. The quantitative estimate of drug-likeness (QED) is 0.262. The van der Waals surface area contributed by atoms with Gasteiger partial charge in [0.05, 0.1) is 11.9 Å². The molecule has 2 aliphatic rings. The predicted molar refractivity (Wildman–Crippen MR) is 141 cm³/mol. The summed E-state index contributed by atoms with van der Waals surface area (Å²) in [6.07, 6.45) is 5.89. The Hall–Kier alpha value is -3.67. The van der Waals surface area contributed by atoms with Gasteiger partial charge in [0.2, 0.25) is 0 Å². The molecular weight excluding hydrogens is 625 g/mol. The minimum Gasteiger partial charge on any atom is -0.510 e. The molecule has 2 aliphatic heterocycles. The molecule has 4 aromatic rings. The fourth-order valence-corrected chi connectivity index (χ4v) is 3.88. The SMILES string of the molecule is CN1C=CN(c2[c-]cccc2)[CH-]1.Cc1ccccc1-c1ncc2c(n1)N(c1[c-]cccc1)[CH-]N2C.[Ir]. The molecule has 0 unspecified atom stereocenters. The van der Waals surface area contributed by atoms with Crippen LogP contribution < -0.4 is 14.7 Å². The number of benzene rings is 3. The molecule has 0 atom stereocenters. The van der Waals surface area contributed by atoms with Crippen LogP contribution in [-0.2, 0) is 20.1 Å². The molecule has 0 saturated heterocycles. The van der Waals surface area contributed by atoms with Crippen molar-refractivity contribution in [2.75, 3.05) is 28.8 Å². The van der Waals surface area contributed by atoms with E-state index < -0.39 is 0 Å². The number of fused-ring (bicyclic) bond motifs is 1. The van der Waals surface area contributed by atoms with Crippen molar-refractivity contribution in [2.45, 2.75) is 6.92 Å². The number of rotatable bonds is 3. The number of aryl methyl sites for hydroxylation is 1. The van der Waals surface area contributed by atoms with E-state index in [-0.39, 0.29) is 20.1 Å². The van der Waals surface area contributed by atoms with Gasteiger partial charge < -0.3 is 19.6 Å². The Balaban J connectivity index is 0.000000198. The molecule has 0 N–H and O–H groups in total. The molecule has 1 aromatic heterocycles. The van der Waals surface area contributed by atoms with Crippen molar-refractivity contribution in [1.82, 2.24) is 14.9 Å². The summed E-state index contributed by atoms with van der Waals surface area (Å²) in [6.45, 7) is 6.09. The summed E-state index contributed by atoms with van der Waals surface area (Å²) in [4.78, 5) is 17.5. The largest absolute Gasteiger partial charge is 0.510 e. The number of hydrogen-bond acceptors (Lipinski definition) is 6. The topological polar surface area (TPSA) is 38.7 Å². The van der Waals surface area contributed by atoms with Crippen LogP contribution in [0.3, 0.4) is 0 Å². The zero-order valence-electron chi connectivity index (χ0n) is 20.3. The van der Waals surface area contributed by atoms with Crippen molar-refractivity contribution >= 4 is 22.9 Å². The van der Waals surface area contributed by atoms with Gasteiger partial charge in [-0.15, -0.1) is 11.4 Å². The first-order valence-corrected chi connectivity index (χ1v) is 11.4. The molecule has 36 heavy (non-hydrogen) atoms. The normalized spacial score (nSPS) is 13.8. The number of hydrogen-bond donors (Lipinski definition) is 0. The smallest absolute Gasteiger partial charge is 0.161 e. The van der Waals surface area contributed by atoms with E-state index in [0.29, 0.717) is 0 Å². The van der Waals surface area contributed by atoms with E-state index in [4.69, 9.17) is 4.98 Å². The Labute approximate surface area is 226 Å². The number of para-hydroxylation sites is 2. The Kier molecular flexibility index (Phi) is 8.03. The first-order valence-electron chi connectivity index (χ1n) is 11.4. The van der Waals surface area contributed by atoms with Gasteiger partial charge in [0.15, 0.2) is 5.82 Å². The molecule has 3 aromatic carbocycles. The average Bonchev–Trinajstić information content (AvgIpc) is 3.49. The zero-order valence-corrected chi connectivity index (χ0v) is 22.7. The molecule has 0 saturated carbocycles. The van der Waals surface area contributed by atoms with Crippen molar-refractivity contribution in [3.05, 3.63) is 122 Å². The summed E-state index contributed by atoms with van der Waals surface area (Å²) in [6, 6.07) is 30.4. The van der Waals surface area contributed by atoms with Crippen LogP contribution in [0.2, 0.25) is 0 Å². The number of nitrogens with zero attached hydrogens (tertiary/aromatic N) is 6. The van der Waals surface area contributed by atoms with Gasteiger partial charge in [-0.05, 0) is 39.0 Å². The molecule has 185 valence electrons. The monoisotopic (exact) mass is 651 g/mol. The van der Waals surface area contributed by atoms with Crippen LogP contribution in [0.25, 0.3) is 11.4 Å². The second kappa shape index (κ2) is 11.4. The molecule has 0 fully saturated rings. The van der Waals surface area contributed by atoms with Crippen LogP contribution in [0.4, 0.5) is 22.9 Å². The van der Waals surface area contributed by atoms with Crippen molar-refractivity contribution in [2.24, 2.45) is 0 Å². The third-order valence-electron chi connectivity index (χ3n) is 5.72. The van der Waals surface area contributed by atoms with Gasteiger partial charge in [0, 0.05) is 25.7 Å². The van der Waals surface area contributed by atoms with E-state index >= 15 is 0 Å². The Morgan fingerprint density at radius 1 is 0.806 bits per heavy atom. The van der Waals surface area contributed by atoms with Crippen LogP contribution in [0, 0.1) is 32.4 Å². The van der Waals surface area contributed by atoms with Gasteiger partial charge >= 0.3 is 0 Å². The van der Waals surface area contributed by atoms with Crippen LogP contribution in [0.5, 0.6) is 0 Å². The molecule has 0 amide bonds. The first kappa shape index (κ1) is 25.4. The molecule has 3 heterocycles. The third kappa shape index (κ3) is 5.43. The summed E-state index contributed by atoms with van der Waals surface area (Å²) in [5, 5.41) is 0. The van der Waals surface area contributed by atoms with E-state index in [2.05, 4.69) is 36.2 Å². The van der Waals surface area contributed by atoms with Crippen molar-refractivity contribution < 1.29 is 20.1 Å². The van der Waals surface area contributed by atoms with E-state index in [1.807, 2.05) is 126 Å². The molecular formula is C29H26IrN6-4. The molecule has 7 heteroatoms. The molecule has 0 bridgehead atoms. The van der Waals surface area contributed by atoms with Crippen LogP contribution in [0.1, 0.15) is 5.56 Å². The average molecular weight is 651 g/mol. The minimum absolute atomic E-state index is 0. The number of aromatic nitrogens is 2. The van der Waals surface area contributed by atoms with Gasteiger partial charge in [-0.3, -0.25) is 0 Å². The van der Waals surface area contributed by atoms with Gasteiger partial charge in [-0.25, -0.2) is 9.97 Å². The Morgan fingerprint density at radius 2 is 1.50 bits per heavy atom. The van der Waals surface area contributed by atoms with Crippen LogP contribution in [-0.4, -0.2) is 29.0 Å². The minimum atomic E-state index is 0. The van der Waals surface area contributed by atoms with Gasteiger partial charge in [-0.1, -0.05) is 24.3 Å². The Morgan fingerprint density at radius 3 is 2.14 bits per heavy atom. The van der Waals surface area contributed by atoms with E-state index in [9.17, 15) is 0 Å². The zero-order chi connectivity index (χ0) is 24.2. The fraction of sp³-hybridized carbons (Fsp3) is 0.103. The van der Waals surface area contributed by atoms with Crippen LogP contribution >= 0.6 is 0 Å². The fourth-order valence-electron chi connectivity index (χ4n) is 3.88. The van der Waals surface area contributed by atoms with Gasteiger partial charge in [0.1, 0.15) is 5.82 Å². The standard InChI is InChI=1S/C19H16N4.C10H10N2.Ir/c1-14-8-6-7-11-16(14)18-20-12-17-19(21-18)23(13-22(17)2)15-9-4-3-5-10-15;1-11-7-8-12(9-11)10-5-3-2-4-6-10;/h3-9,11-13H,1-2H3;2-5,7-9H,1H3;/q2*-2;. The summed E-state index contributed by atoms with van der Waals surface area (Å²) >= 11 is 0. The summed E-state index contributed by atoms with van der Waals surface area (Å²) in [7, 11) is 4.00. The Bertz CT molecular complexity index is 1310. The summed E-state index contributed by atoms with van der Waals surface area (Å²) < 4.78 is 0. The van der Waals surface area contributed by atoms with Crippen molar-refractivity contribution in [3.8, 4) is 11.4 Å². The van der Waals surface area contributed by atoms with Gasteiger partial charge in [0.25, 0.3) is 0 Å². The first-order chi connectivity index (χ1) is 17.1. The van der Waals surface area contributed by atoms with Crippen LogP contribution in [0.15, 0.2) is 91.4 Å².